The summed E-state index contributed by atoms with van der Waals surface area (Å²) in [5, 5.41) is 4.72. The zero-order valence-corrected chi connectivity index (χ0v) is 13.3. The number of aromatic nitrogens is 3. The standard InChI is InChI=1S/C11H12ClF2IN4/c1-18(2)3-4-19-11-8(10(15)17-19)6(9(13)14)5-7(12)16-11/h5,9H,3-4H2,1-2H3. The normalized spacial score (nSPS) is 12.0. The molecule has 0 aliphatic heterocycles. The van der Waals surface area contributed by atoms with Crippen LogP contribution in [0.5, 0.6) is 0 Å². The first kappa shape index (κ1) is 14.9. The van der Waals surface area contributed by atoms with Crippen molar-refractivity contribution < 1.29 is 8.78 Å². The van der Waals surface area contributed by atoms with Gasteiger partial charge in [-0.15, -0.1) is 0 Å². The summed E-state index contributed by atoms with van der Waals surface area (Å²) in [6.45, 7) is 1.31. The van der Waals surface area contributed by atoms with Gasteiger partial charge in [0.15, 0.2) is 5.65 Å². The van der Waals surface area contributed by atoms with Crippen molar-refractivity contribution in [3.8, 4) is 0 Å². The van der Waals surface area contributed by atoms with Crippen molar-refractivity contribution in [1.29, 1.82) is 0 Å². The predicted octanol–water partition coefficient (Wildman–Crippen LogP) is 3.19. The molecule has 0 unspecified atom stereocenters. The Morgan fingerprint density at radius 2 is 2.16 bits per heavy atom. The average molecular weight is 401 g/mol. The van der Waals surface area contributed by atoms with Crippen molar-refractivity contribution in [3.63, 3.8) is 0 Å². The number of hydrogen-bond donors (Lipinski definition) is 0. The minimum Gasteiger partial charge on any atom is -0.308 e. The molecule has 0 amide bonds. The van der Waals surface area contributed by atoms with Gasteiger partial charge in [0.2, 0.25) is 0 Å². The van der Waals surface area contributed by atoms with Crippen molar-refractivity contribution >= 4 is 45.2 Å². The molecule has 0 radical (unpaired) electrons. The molecule has 2 rings (SSSR count). The van der Waals surface area contributed by atoms with Gasteiger partial charge in [0.25, 0.3) is 6.43 Å². The van der Waals surface area contributed by atoms with Gasteiger partial charge in [-0.1, -0.05) is 11.6 Å². The number of pyridine rings is 1. The Labute approximate surface area is 127 Å². The third-order valence-electron chi connectivity index (χ3n) is 2.65. The van der Waals surface area contributed by atoms with Gasteiger partial charge in [-0.05, 0) is 42.8 Å². The van der Waals surface area contributed by atoms with Gasteiger partial charge < -0.3 is 4.90 Å². The van der Waals surface area contributed by atoms with Crippen LogP contribution in [0.25, 0.3) is 11.0 Å². The van der Waals surface area contributed by atoms with Crippen molar-refractivity contribution in [2.75, 3.05) is 20.6 Å². The van der Waals surface area contributed by atoms with Gasteiger partial charge in [0.05, 0.1) is 11.9 Å². The second-order valence-electron chi connectivity index (χ2n) is 4.35. The fraction of sp³-hybridized carbons (Fsp3) is 0.455. The van der Waals surface area contributed by atoms with E-state index in [1.54, 1.807) is 4.68 Å². The van der Waals surface area contributed by atoms with Gasteiger partial charge in [-0.3, -0.25) is 0 Å². The Bertz CT molecular complexity index is 600. The molecule has 2 heterocycles. The van der Waals surface area contributed by atoms with Crippen LogP contribution in [0.1, 0.15) is 12.0 Å². The molecule has 2 aromatic heterocycles. The van der Waals surface area contributed by atoms with Crippen LogP contribution in [0.3, 0.4) is 0 Å². The van der Waals surface area contributed by atoms with E-state index in [4.69, 9.17) is 11.6 Å². The molecular weight excluding hydrogens is 389 g/mol. The summed E-state index contributed by atoms with van der Waals surface area (Å²) in [6.07, 6.45) is -2.59. The summed E-state index contributed by atoms with van der Waals surface area (Å²) < 4.78 is 28.2. The van der Waals surface area contributed by atoms with Gasteiger partial charge in [-0.2, -0.15) is 5.10 Å². The Balaban J connectivity index is 2.56. The number of nitrogens with zero attached hydrogens (tertiary/aromatic N) is 4. The first-order chi connectivity index (χ1) is 8.90. The molecule has 0 atom stereocenters. The Hall–Kier alpha value is -0.540. The highest BCUT2D eigenvalue weighted by atomic mass is 127. The van der Waals surface area contributed by atoms with E-state index in [-0.39, 0.29) is 10.7 Å². The van der Waals surface area contributed by atoms with Crippen molar-refractivity contribution in [3.05, 3.63) is 20.5 Å². The lowest BCUT2D eigenvalue weighted by atomic mass is 10.2. The van der Waals surface area contributed by atoms with Gasteiger partial charge in [-0.25, -0.2) is 18.4 Å². The van der Waals surface area contributed by atoms with E-state index in [2.05, 4.69) is 10.1 Å². The molecule has 2 aromatic rings. The van der Waals surface area contributed by atoms with Crippen LogP contribution in [-0.4, -0.2) is 40.3 Å². The average Bonchev–Trinajstić information content (AvgIpc) is 2.62. The Kier molecular flexibility index (Phi) is 4.57. The summed E-state index contributed by atoms with van der Waals surface area (Å²) in [4.78, 5) is 6.11. The minimum absolute atomic E-state index is 0.0604. The van der Waals surface area contributed by atoms with Crippen LogP contribution in [0.2, 0.25) is 5.15 Å². The summed E-state index contributed by atoms with van der Waals surface area (Å²) >= 11 is 7.76. The van der Waals surface area contributed by atoms with Crippen LogP contribution < -0.4 is 0 Å². The molecule has 4 nitrogen and oxygen atoms in total. The number of halogens is 4. The quantitative estimate of drug-likeness (QED) is 0.584. The number of hydrogen-bond acceptors (Lipinski definition) is 3. The largest absolute Gasteiger partial charge is 0.308 e. The van der Waals surface area contributed by atoms with E-state index in [1.165, 1.54) is 6.07 Å². The molecule has 0 aliphatic rings. The highest BCUT2D eigenvalue weighted by Gasteiger charge is 2.20. The Morgan fingerprint density at radius 1 is 1.47 bits per heavy atom. The molecule has 0 spiro atoms. The van der Waals surface area contributed by atoms with E-state index in [9.17, 15) is 8.78 Å². The van der Waals surface area contributed by atoms with Crippen LogP contribution in [0.4, 0.5) is 8.78 Å². The smallest absolute Gasteiger partial charge is 0.264 e. The zero-order valence-electron chi connectivity index (χ0n) is 10.4. The topological polar surface area (TPSA) is 34.0 Å². The van der Waals surface area contributed by atoms with E-state index in [0.29, 0.717) is 21.3 Å². The van der Waals surface area contributed by atoms with Crippen molar-refractivity contribution in [1.82, 2.24) is 19.7 Å². The molecule has 104 valence electrons. The molecule has 19 heavy (non-hydrogen) atoms. The number of rotatable bonds is 4. The molecule has 8 heteroatoms. The van der Waals surface area contributed by atoms with Crippen LogP contribution >= 0.6 is 34.2 Å². The molecule has 0 aliphatic carbocycles. The van der Waals surface area contributed by atoms with E-state index in [0.717, 1.165) is 6.54 Å². The summed E-state index contributed by atoms with van der Waals surface area (Å²) in [5.41, 5.74) is 0.296. The monoisotopic (exact) mass is 400 g/mol. The fourth-order valence-corrected chi connectivity index (χ4v) is 2.75. The third-order valence-corrected chi connectivity index (χ3v) is 3.60. The first-order valence-corrected chi connectivity index (χ1v) is 7.01. The van der Waals surface area contributed by atoms with Crippen LogP contribution in [-0.2, 0) is 6.54 Å². The van der Waals surface area contributed by atoms with Gasteiger partial charge in [0, 0.05) is 12.1 Å². The maximum atomic E-state index is 13.0. The first-order valence-electron chi connectivity index (χ1n) is 5.55. The minimum atomic E-state index is -2.59. The Morgan fingerprint density at radius 3 is 2.74 bits per heavy atom. The highest BCUT2D eigenvalue weighted by Crippen LogP contribution is 2.32. The maximum Gasteiger partial charge on any atom is 0.264 e. The molecule has 0 fully saturated rings. The van der Waals surface area contributed by atoms with E-state index >= 15 is 0 Å². The third kappa shape index (κ3) is 3.14. The molecular formula is C11H12ClF2IN4. The van der Waals surface area contributed by atoms with Crippen LogP contribution in [0, 0.1) is 3.70 Å². The summed E-state index contributed by atoms with van der Waals surface area (Å²) in [5.74, 6) is 0. The number of fused-ring (bicyclic) bond motifs is 1. The van der Waals surface area contributed by atoms with Crippen molar-refractivity contribution in [2.45, 2.75) is 13.0 Å². The van der Waals surface area contributed by atoms with Gasteiger partial charge >= 0.3 is 0 Å². The van der Waals surface area contributed by atoms with Crippen LogP contribution in [0.15, 0.2) is 6.07 Å². The van der Waals surface area contributed by atoms with E-state index in [1.807, 2.05) is 41.6 Å². The fourth-order valence-electron chi connectivity index (χ4n) is 1.74. The maximum absolute atomic E-state index is 13.0. The second-order valence-corrected chi connectivity index (χ2v) is 5.76. The summed E-state index contributed by atoms with van der Waals surface area (Å²) in [6, 6.07) is 1.20. The predicted molar refractivity (Wildman–Crippen MR) is 78.8 cm³/mol. The van der Waals surface area contributed by atoms with Gasteiger partial charge in [0.1, 0.15) is 8.85 Å². The lowest BCUT2D eigenvalue weighted by Crippen LogP contribution is -2.19. The lowest BCUT2D eigenvalue weighted by molar-refractivity contribution is 0.153. The second kappa shape index (κ2) is 5.84. The van der Waals surface area contributed by atoms with Crippen molar-refractivity contribution in [2.24, 2.45) is 0 Å². The number of alkyl halides is 2. The zero-order chi connectivity index (χ0) is 14.2. The molecule has 0 N–H and O–H groups in total. The molecule has 0 aromatic carbocycles. The molecule has 0 bridgehead atoms. The molecule has 0 saturated carbocycles. The SMILES string of the molecule is CN(C)CCn1nc(I)c2c(C(F)F)cc(Cl)nc21. The number of likely N-dealkylation sites (N-methyl/N-ethyl adjacent to an activating group) is 1. The highest BCUT2D eigenvalue weighted by molar-refractivity contribution is 14.1. The van der Waals surface area contributed by atoms with E-state index < -0.39 is 6.43 Å². The molecule has 0 saturated heterocycles. The lowest BCUT2D eigenvalue weighted by Gasteiger charge is -2.10. The summed E-state index contributed by atoms with van der Waals surface area (Å²) in [7, 11) is 3.86.